The number of unbranched alkanes of at least 4 members (excludes halogenated alkanes) is 1. The van der Waals surface area contributed by atoms with Crippen LogP contribution >= 0.6 is 0 Å². The fourth-order valence-electron chi connectivity index (χ4n) is 2.38. The lowest BCUT2D eigenvalue weighted by molar-refractivity contribution is 0.0952. The van der Waals surface area contributed by atoms with Gasteiger partial charge in [-0.2, -0.15) is 5.10 Å². The standard InChI is InChI=1S/C21H26N2O4/c1-4-6-13-27-19-12-11-16(14-20(19)26-5-2)15-22-23-21(24)17-9-7-8-10-18(17)25-3/h7-12,14-15H,4-6,13H2,1-3H3,(H,23,24)/b22-15+. The minimum absolute atomic E-state index is 0.340. The van der Waals surface area contributed by atoms with Crippen molar-refractivity contribution in [2.24, 2.45) is 5.10 Å². The van der Waals surface area contributed by atoms with Gasteiger partial charge in [-0.1, -0.05) is 25.5 Å². The highest BCUT2D eigenvalue weighted by Gasteiger charge is 2.10. The van der Waals surface area contributed by atoms with Crippen LogP contribution in [0.3, 0.4) is 0 Å². The first-order valence-electron chi connectivity index (χ1n) is 9.05. The van der Waals surface area contributed by atoms with Gasteiger partial charge in [-0.25, -0.2) is 5.43 Å². The van der Waals surface area contributed by atoms with Crippen molar-refractivity contribution in [1.82, 2.24) is 5.43 Å². The maximum absolute atomic E-state index is 12.2. The molecule has 0 aliphatic heterocycles. The van der Waals surface area contributed by atoms with Crippen LogP contribution in [0.4, 0.5) is 0 Å². The summed E-state index contributed by atoms with van der Waals surface area (Å²) in [6.07, 6.45) is 3.62. The summed E-state index contributed by atoms with van der Waals surface area (Å²) in [5.74, 6) is 1.53. The molecule has 0 aliphatic carbocycles. The number of benzene rings is 2. The highest BCUT2D eigenvalue weighted by Crippen LogP contribution is 2.28. The van der Waals surface area contributed by atoms with E-state index in [1.165, 1.54) is 7.11 Å². The second kappa shape index (κ2) is 10.9. The minimum atomic E-state index is -0.340. The Balaban J connectivity index is 2.05. The highest BCUT2D eigenvalue weighted by molar-refractivity contribution is 5.97. The molecule has 6 heteroatoms. The molecule has 1 N–H and O–H groups in total. The monoisotopic (exact) mass is 370 g/mol. The normalized spacial score (nSPS) is 10.6. The van der Waals surface area contributed by atoms with Gasteiger partial charge in [0, 0.05) is 0 Å². The van der Waals surface area contributed by atoms with Crippen molar-refractivity contribution in [3.05, 3.63) is 53.6 Å². The summed E-state index contributed by atoms with van der Waals surface area (Å²) in [4.78, 5) is 12.2. The van der Waals surface area contributed by atoms with Gasteiger partial charge in [-0.15, -0.1) is 0 Å². The lowest BCUT2D eigenvalue weighted by atomic mass is 10.2. The van der Waals surface area contributed by atoms with Gasteiger partial charge in [-0.3, -0.25) is 4.79 Å². The van der Waals surface area contributed by atoms with Crippen molar-refractivity contribution in [3.8, 4) is 17.2 Å². The summed E-state index contributed by atoms with van der Waals surface area (Å²) >= 11 is 0. The number of ether oxygens (including phenoxy) is 3. The van der Waals surface area contributed by atoms with Crippen molar-refractivity contribution in [1.29, 1.82) is 0 Å². The molecule has 2 aromatic carbocycles. The van der Waals surface area contributed by atoms with E-state index in [1.54, 1.807) is 30.5 Å². The smallest absolute Gasteiger partial charge is 0.275 e. The van der Waals surface area contributed by atoms with E-state index in [-0.39, 0.29) is 5.91 Å². The highest BCUT2D eigenvalue weighted by atomic mass is 16.5. The van der Waals surface area contributed by atoms with Crippen LogP contribution in [0.1, 0.15) is 42.6 Å². The maximum atomic E-state index is 12.2. The Bertz CT molecular complexity index is 775. The number of hydrazone groups is 1. The van der Waals surface area contributed by atoms with Crippen molar-refractivity contribution in [3.63, 3.8) is 0 Å². The third kappa shape index (κ3) is 6.02. The van der Waals surface area contributed by atoms with Crippen molar-refractivity contribution >= 4 is 12.1 Å². The number of para-hydroxylation sites is 1. The number of amides is 1. The largest absolute Gasteiger partial charge is 0.496 e. The summed E-state index contributed by atoms with van der Waals surface area (Å²) in [6.45, 7) is 5.23. The molecule has 0 saturated heterocycles. The van der Waals surface area contributed by atoms with E-state index in [0.29, 0.717) is 36.0 Å². The molecule has 0 aromatic heterocycles. The third-order valence-electron chi connectivity index (χ3n) is 3.75. The fourth-order valence-corrected chi connectivity index (χ4v) is 2.38. The Hall–Kier alpha value is -3.02. The first kappa shape index (κ1) is 20.3. The Morgan fingerprint density at radius 2 is 1.89 bits per heavy atom. The summed E-state index contributed by atoms with van der Waals surface area (Å²) in [7, 11) is 1.52. The molecule has 1 amide bonds. The van der Waals surface area contributed by atoms with Crippen LogP contribution in [0.15, 0.2) is 47.6 Å². The van der Waals surface area contributed by atoms with E-state index in [0.717, 1.165) is 18.4 Å². The molecule has 0 fully saturated rings. The Labute approximate surface area is 160 Å². The first-order valence-corrected chi connectivity index (χ1v) is 9.05. The van der Waals surface area contributed by atoms with E-state index in [4.69, 9.17) is 14.2 Å². The van der Waals surface area contributed by atoms with E-state index in [9.17, 15) is 4.79 Å². The number of rotatable bonds is 10. The van der Waals surface area contributed by atoms with Crippen molar-refractivity contribution < 1.29 is 19.0 Å². The predicted molar refractivity (Wildman–Crippen MR) is 106 cm³/mol. The van der Waals surface area contributed by atoms with Crippen LogP contribution in [-0.4, -0.2) is 32.4 Å². The van der Waals surface area contributed by atoms with Gasteiger partial charge in [-0.05, 0) is 49.2 Å². The third-order valence-corrected chi connectivity index (χ3v) is 3.75. The lowest BCUT2D eigenvalue weighted by Crippen LogP contribution is -2.18. The Kier molecular flexibility index (Phi) is 8.16. The number of hydrogen-bond acceptors (Lipinski definition) is 5. The van der Waals surface area contributed by atoms with Crippen molar-refractivity contribution in [2.75, 3.05) is 20.3 Å². The molecule has 2 aromatic rings. The van der Waals surface area contributed by atoms with Gasteiger partial charge in [0.15, 0.2) is 11.5 Å². The van der Waals surface area contributed by atoms with Gasteiger partial charge >= 0.3 is 0 Å². The summed E-state index contributed by atoms with van der Waals surface area (Å²) in [6, 6.07) is 12.5. The summed E-state index contributed by atoms with van der Waals surface area (Å²) in [5.41, 5.74) is 3.72. The van der Waals surface area contributed by atoms with E-state index in [2.05, 4.69) is 17.5 Å². The number of carbonyl (C=O) groups is 1. The second-order valence-corrected chi connectivity index (χ2v) is 5.74. The molecule has 0 bridgehead atoms. The average Bonchev–Trinajstić information content (AvgIpc) is 2.69. The van der Waals surface area contributed by atoms with E-state index >= 15 is 0 Å². The predicted octanol–water partition coefficient (Wildman–Crippen LogP) is 4.04. The van der Waals surface area contributed by atoms with Crippen molar-refractivity contribution in [2.45, 2.75) is 26.7 Å². The quantitative estimate of drug-likeness (QED) is 0.389. The van der Waals surface area contributed by atoms with Gasteiger partial charge in [0.2, 0.25) is 0 Å². The van der Waals surface area contributed by atoms with Crippen LogP contribution < -0.4 is 19.6 Å². The molecule has 0 atom stereocenters. The molecule has 0 aliphatic rings. The van der Waals surface area contributed by atoms with E-state index < -0.39 is 0 Å². The van der Waals surface area contributed by atoms with Gasteiger partial charge in [0.1, 0.15) is 5.75 Å². The average molecular weight is 370 g/mol. The molecular weight excluding hydrogens is 344 g/mol. The van der Waals surface area contributed by atoms with Crippen LogP contribution in [0.25, 0.3) is 0 Å². The first-order chi connectivity index (χ1) is 13.2. The molecule has 2 rings (SSSR count). The number of nitrogens with zero attached hydrogens (tertiary/aromatic N) is 1. The minimum Gasteiger partial charge on any atom is -0.496 e. The van der Waals surface area contributed by atoms with Gasteiger partial charge in [0.25, 0.3) is 5.91 Å². The summed E-state index contributed by atoms with van der Waals surface area (Å²) in [5, 5.41) is 4.02. The molecule has 0 saturated carbocycles. The zero-order valence-corrected chi connectivity index (χ0v) is 16.0. The molecule has 144 valence electrons. The number of nitrogens with one attached hydrogen (secondary N) is 1. The lowest BCUT2D eigenvalue weighted by Gasteiger charge is -2.12. The maximum Gasteiger partial charge on any atom is 0.275 e. The number of hydrogen-bond donors (Lipinski definition) is 1. The Morgan fingerprint density at radius 1 is 1.07 bits per heavy atom. The van der Waals surface area contributed by atoms with Crippen LogP contribution in [0.2, 0.25) is 0 Å². The molecule has 0 radical (unpaired) electrons. The van der Waals surface area contributed by atoms with Crippen LogP contribution in [-0.2, 0) is 0 Å². The zero-order valence-electron chi connectivity index (χ0n) is 16.0. The van der Waals surface area contributed by atoms with Gasteiger partial charge < -0.3 is 14.2 Å². The Morgan fingerprint density at radius 3 is 2.63 bits per heavy atom. The molecule has 0 spiro atoms. The van der Waals surface area contributed by atoms with E-state index in [1.807, 2.05) is 25.1 Å². The number of methoxy groups -OCH3 is 1. The molecule has 0 heterocycles. The van der Waals surface area contributed by atoms with Crippen LogP contribution in [0, 0.1) is 0 Å². The van der Waals surface area contributed by atoms with Gasteiger partial charge in [0.05, 0.1) is 32.1 Å². The topological polar surface area (TPSA) is 69.2 Å². The molecule has 6 nitrogen and oxygen atoms in total. The summed E-state index contributed by atoms with van der Waals surface area (Å²) < 4.78 is 16.6. The molecular formula is C21H26N2O4. The van der Waals surface area contributed by atoms with Crippen LogP contribution in [0.5, 0.6) is 17.2 Å². The molecule has 0 unspecified atom stereocenters. The zero-order chi connectivity index (χ0) is 19.5. The molecule has 27 heavy (non-hydrogen) atoms. The second-order valence-electron chi connectivity index (χ2n) is 5.74. The SMILES string of the molecule is CCCCOc1ccc(/C=N/NC(=O)c2ccccc2OC)cc1OCC. The number of carbonyl (C=O) groups excluding carboxylic acids is 1. The fraction of sp³-hybridized carbons (Fsp3) is 0.333.